The molecule has 2 N–H and O–H groups in total. The molecule has 1 aromatic carbocycles. The number of rotatable bonds is 3. The lowest BCUT2D eigenvalue weighted by Gasteiger charge is -2.37. The zero-order valence-electron chi connectivity index (χ0n) is 9.70. The molecule has 0 atom stereocenters. The van der Waals surface area contributed by atoms with Crippen LogP contribution in [0, 0.1) is 6.92 Å². The Hall–Kier alpha value is -0.670. The topological polar surface area (TPSA) is 32.3 Å². The summed E-state index contributed by atoms with van der Waals surface area (Å²) in [6, 6.07) is 8.39. The van der Waals surface area contributed by atoms with Gasteiger partial charge >= 0.3 is 0 Å². The Bertz CT molecular complexity index is 330. The van der Waals surface area contributed by atoms with Crippen molar-refractivity contribution in [3.8, 4) is 0 Å². The highest BCUT2D eigenvalue weighted by Crippen LogP contribution is 2.30. The van der Waals surface area contributed by atoms with Gasteiger partial charge < -0.3 is 10.4 Å². The third-order valence-electron chi connectivity index (χ3n) is 3.21. The van der Waals surface area contributed by atoms with E-state index in [0.717, 1.165) is 30.0 Å². The lowest BCUT2D eigenvalue weighted by Crippen LogP contribution is -2.45. The van der Waals surface area contributed by atoms with Crippen LogP contribution in [-0.4, -0.2) is 28.8 Å². The van der Waals surface area contributed by atoms with Crippen molar-refractivity contribution < 1.29 is 5.11 Å². The van der Waals surface area contributed by atoms with Gasteiger partial charge in [0.15, 0.2) is 0 Å². The summed E-state index contributed by atoms with van der Waals surface area (Å²) in [6.07, 6.45) is 2.09. The van der Waals surface area contributed by atoms with E-state index in [-0.39, 0.29) is 12.1 Å². The van der Waals surface area contributed by atoms with E-state index < -0.39 is 0 Å². The van der Waals surface area contributed by atoms with Crippen LogP contribution in [0.25, 0.3) is 0 Å². The van der Waals surface area contributed by atoms with Crippen molar-refractivity contribution >= 4 is 17.4 Å². The van der Waals surface area contributed by atoms with Crippen LogP contribution in [0.4, 0.5) is 5.69 Å². The molecule has 1 aromatic rings. The summed E-state index contributed by atoms with van der Waals surface area (Å²) in [4.78, 5) is 0. The molecule has 0 aliphatic carbocycles. The Morgan fingerprint density at radius 2 is 1.88 bits per heavy atom. The average Bonchev–Trinajstić information content (AvgIpc) is 2.33. The maximum Gasteiger partial charge on any atom is 0.0662 e. The zero-order chi connectivity index (χ0) is 11.4. The predicted octanol–water partition coefficient (Wildman–Crippen LogP) is 2.67. The molecule has 2 rings (SSSR count). The molecule has 0 bridgehead atoms. The van der Waals surface area contributed by atoms with Gasteiger partial charge in [0.05, 0.1) is 12.1 Å². The highest BCUT2D eigenvalue weighted by molar-refractivity contribution is 7.99. The Kier molecular flexibility index (Phi) is 3.77. The number of aryl methyl sites for hydroxylation is 1. The first-order valence-electron chi connectivity index (χ1n) is 5.78. The number of hydrogen-bond acceptors (Lipinski definition) is 3. The predicted molar refractivity (Wildman–Crippen MR) is 71.2 cm³/mol. The van der Waals surface area contributed by atoms with E-state index in [1.807, 2.05) is 11.8 Å². The standard InChI is InChI=1S/C13H19NOS/c1-11-2-4-12(5-3-11)14-13(10-15)6-8-16-9-7-13/h2-5,14-15H,6-10H2,1H3. The molecule has 88 valence electrons. The van der Waals surface area contributed by atoms with Crippen molar-refractivity contribution in [2.45, 2.75) is 25.3 Å². The first-order chi connectivity index (χ1) is 7.74. The van der Waals surface area contributed by atoms with Gasteiger partial charge in [-0.3, -0.25) is 0 Å². The number of thioether (sulfide) groups is 1. The smallest absolute Gasteiger partial charge is 0.0662 e. The summed E-state index contributed by atoms with van der Waals surface area (Å²) in [5.41, 5.74) is 2.29. The van der Waals surface area contributed by atoms with Gasteiger partial charge in [0.25, 0.3) is 0 Å². The van der Waals surface area contributed by atoms with Crippen molar-refractivity contribution in [2.75, 3.05) is 23.4 Å². The van der Waals surface area contributed by atoms with Crippen molar-refractivity contribution in [1.82, 2.24) is 0 Å². The van der Waals surface area contributed by atoms with Crippen LogP contribution >= 0.6 is 11.8 Å². The van der Waals surface area contributed by atoms with Crippen molar-refractivity contribution in [3.63, 3.8) is 0 Å². The fourth-order valence-electron chi connectivity index (χ4n) is 2.03. The second-order valence-electron chi connectivity index (χ2n) is 4.54. The minimum atomic E-state index is -0.0967. The molecule has 0 spiro atoms. The van der Waals surface area contributed by atoms with E-state index >= 15 is 0 Å². The van der Waals surface area contributed by atoms with Gasteiger partial charge in [-0.2, -0.15) is 11.8 Å². The molecular weight excluding hydrogens is 218 g/mol. The van der Waals surface area contributed by atoms with E-state index in [9.17, 15) is 5.11 Å². The van der Waals surface area contributed by atoms with Gasteiger partial charge in [0.2, 0.25) is 0 Å². The van der Waals surface area contributed by atoms with Gasteiger partial charge in [0, 0.05) is 5.69 Å². The highest BCUT2D eigenvalue weighted by atomic mass is 32.2. The molecule has 1 heterocycles. The molecule has 0 saturated carbocycles. The molecule has 16 heavy (non-hydrogen) atoms. The number of aliphatic hydroxyl groups excluding tert-OH is 1. The molecule has 2 nitrogen and oxygen atoms in total. The highest BCUT2D eigenvalue weighted by Gasteiger charge is 2.31. The van der Waals surface area contributed by atoms with Crippen LogP contribution in [0.3, 0.4) is 0 Å². The van der Waals surface area contributed by atoms with Crippen LogP contribution in [0.15, 0.2) is 24.3 Å². The summed E-state index contributed by atoms with van der Waals surface area (Å²) in [5.74, 6) is 2.28. The van der Waals surface area contributed by atoms with Crippen LogP contribution in [0.2, 0.25) is 0 Å². The normalized spacial score (nSPS) is 19.4. The van der Waals surface area contributed by atoms with Crippen molar-refractivity contribution in [2.24, 2.45) is 0 Å². The molecule has 0 aromatic heterocycles. The molecule has 0 amide bonds. The molecule has 1 aliphatic heterocycles. The van der Waals surface area contributed by atoms with Gasteiger partial charge in [0.1, 0.15) is 0 Å². The Morgan fingerprint density at radius 1 is 1.25 bits per heavy atom. The van der Waals surface area contributed by atoms with E-state index in [4.69, 9.17) is 0 Å². The van der Waals surface area contributed by atoms with Crippen LogP contribution in [0.1, 0.15) is 18.4 Å². The van der Waals surface area contributed by atoms with Gasteiger partial charge in [-0.15, -0.1) is 0 Å². The third kappa shape index (κ3) is 2.71. The van der Waals surface area contributed by atoms with Crippen molar-refractivity contribution in [3.05, 3.63) is 29.8 Å². The number of nitrogens with one attached hydrogen (secondary N) is 1. The first kappa shape index (κ1) is 11.8. The Balaban J connectivity index is 2.08. The van der Waals surface area contributed by atoms with Crippen LogP contribution < -0.4 is 5.32 Å². The van der Waals surface area contributed by atoms with Crippen molar-refractivity contribution in [1.29, 1.82) is 0 Å². The quantitative estimate of drug-likeness (QED) is 0.847. The molecule has 0 unspecified atom stereocenters. The number of benzene rings is 1. The summed E-state index contributed by atoms with van der Waals surface area (Å²) >= 11 is 1.97. The number of hydrogen-bond donors (Lipinski definition) is 2. The SMILES string of the molecule is Cc1ccc(NC2(CO)CCSCC2)cc1. The lowest BCUT2D eigenvalue weighted by atomic mass is 9.93. The Labute approximate surface area is 101 Å². The summed E-state index contributed by atoms with van der Waals surface area (Å²) in [7, 11) is 0. The molecule has 3 heteroatoms. The third-order valence-corrected chi connectivity index (χ3v) is 4.20. The minimum absolute atomic E-state index is 0.0967. The lowest BCUT2D eigenvalue weighted by molar-refractivity contribution is 0.202. The number of anilines is 1. The van der Waals surface area contributed by atoms with Gasteiger partial charge in [-0.05, 0) is 43.4 Å². The molecule has 0 radical (unpaired) electrons. The number of aliphatic hydroxyl groups is 1. The fourth-order valence-corrected chi connectivity index (χ4v) is 3.30. The van der Waals surface area contributed by atoms with Crippen LogP contribution in [-0.2, 0) is 0 Å². The second kappa shape index (κ2) is 5.11. The van der Waals surface area contributed by atoms with E-state index in [0.29, 0.717) is 0 Å². The van der Waals surface area contributed by atoms with E-state index in [1.54, 1.807) is 0 Å². The summed E-state index contributed by atoms with van der Waals surface area (Å²) in [6.45, 7) is 2.31. The molecule has 1 aliphatic rings. The largest absolute Gasteiger partial charge is 0.394 e. The molecule has 1 saturated heterocycles. The van der Waals surface area contributed by atoms with Gasteiger partial charge in [-0.1, -0.05) is 17.7 Å². The Morgan fingerprint density at radius 3 is 2.44 bits per heavy atom. The monoisotopic (exact) mass is 237 g/mol. The fraction of sp³-hybridized carbons (Fsp3) is 0.538. The van der Waals surface area contributed by atoms with E-state index in [1.165, 1.54) is 5.56 Å². The second-order valence-corrected chi connectivity index (χ2v) is 5.77. The summed E-state index contributed by atoms with van der Waals surface area (Å²) < 4.78 is 0. The summed E-state index contributed by atoms with van der Waals surface area (Å²) in [5, 5.41) is 13.1. The average molecular weight is 237 g/mol. The first-order valence-corrected chi connectivity index (χ1v) is 6.93. The molecular formula is C13H19NOS. The maximum absolute atomic E-state index is 9.59. The van der Waals surface area contributed by atoms with E-state index in [2.05, 4.69) is 36.5 Å². The van der Waals surface area contributed by atoms with Crippen LogP contribution in [0.5, 0.6) is 0 Å². The zero-order valence-corrected chi connectivity index (χ0v) is 10.5. The molecule has 1 fully saturated rings. The maximum atomic E-state index is 9.59. The minimum Gasteiger partial charge on any atom is -0.394 e. The van der Waals surface area contributed by atoms with Gasteiger partial charge in [-0.25, -0.2) is 0 Å².